The van der Waals surface area contributed by atoms with E-state index in [1.165, 1.54) is 113 Å². The van der Waals surface area contributed by atoms with E-state index in [0.717, 1.165) is 5.69 Å². The smallest absolute Gasteiger partial charge is 0.0597 e. The van der Waals surface area contributed by atoms with Crippen molar-refractivity contribution in [2.45, 2.75) is 38.0 Å². The lowest BCUT2D eigenvalue weighted by Crippen LogP contribution is -2.04. The van der Waals surface area contributed by atoms with E-state index in [2.05, 4.69) is 157 Å². The molecule has 1 N–H and O–H groups in total. The number of benzene rings is 8. The molecule has 1 aliphatic rings. The number of rotatable bonds is 5. The second-order valence-corrected chi connectivity index (χ2v) is 15.1. The summed E-state index contributed by atoms with van der Waals surface area (Å²) in [6.07, 6.45) is 6.71. The summed E-state index contributed by atoms with van der Waals surface area (Å²) >= 11 is 1.98. The van der Waals surface area contributed by atoms with Crippen molar-refractivity contribution in [1.29, 1.82) is 0 Å². The molecule has 0 bridgehead atoms. The monoisotopic (exact) mass is 659 g/mol. The molecule has 10 rings (SSSR count). The maximum atomic E-state index is 3.85. The summed E-state index contributed by atoms with van der Waals surface area (Å²) in [5, 5.41) is 14.3. The first-order valence-electron chi connectivity index (χ1n) is 18.0. The summed E-state index contributed by atoms with van der Waals surface area (Å²) in [7, 11) is 0. The molecule has 1 fully saturated rings. The van der Waals surface area contributed by atoms with E-state index in [-0.39, 0.29) is 0 Å². The number of thiophene rings is 1. The Kier molecular flexibility index (Phi) is 7.17. The molecule has 50 heavy (non-hydrogen) atoms. The normalized spacial score (nSPS) is 13.9. The van der Waals surface area contributed by atoms with Crippen LogP contribution in [-0.2, 0) is 0 Å². The Morgan fingerprint density at radius 3 is 1.76 bits per heavy atom. The van der Waals surface area contributed by atoms with E-state index >= 15 is 0 Å². The van der Waals surface area contributed by atoms with Gasteiger partial charge in [0.15, 0.2) is 0 Å². The quantitative estimate of drug-likeness (QED) is 0.194. The molecule has 0 unspecified atom stereocenters. The first-order valence-corrected chi connectivity index (χ1v) is 18.8. The fourth-order valence-corrected chi connectivity index (χ4v) is 9.75. The zero-order valence-electron chi connectivity index (χ0n) is 28.0. The van der Waals surface area contributed by atoms with E-state index in [1.807, 2.05) is 11.3 Å². The van der Waals surface area contributed by atoms with Crippen LogP contribution in [0.2, 0.25) is 0 Å². The molecule has 0 saturated heterocycles. The molecule has 0 spiro atoms. The number of nitrogens with one attached hydrogen (secondary N) is 1. The molecule has 1 aliphatic carbocycles. The Labute approximate surface area is 296 Å². The van der Waals surface area contributed by atoms with Crippen LogP contribution < -0.4 is 5.32 Å². The lowest BCUT2D eigenvalue weighted by molar-refractivity contribution is 0.446. The van der Waals surface area contributed by atoms with Gasteiger partial charge in [-0.1, -0.05) is 135 Å². The molecular formula is C48H37NS. The van der Waals surface area contributed by atoms with Gasteiger partial charge >= 0.3 is 0 Å². The molecule has 2 heteroatoms. The molecule has 1 aromatic heterocycles. The average molecular weight is 660 g/mol. The van der Waals surface area contributed by atoms with Gasteiger partial charge in [0.2, 0.25) is 0 Å². The Morgan fingerprint density at radius 1 is 0.440 bits per heavy atom. The molecular weight excluding hydrogens is 623 g/mol. The third-order valence-corrected chi connectivity index (χ3v) is 12.3. The Hall–Kier alpha value is -5.44. The summed E-state index contributed by atoms with van der Waals surface area (Å²) in [5.41, 5.74) is 8.81. The summed E-state index contributed by atoms with van der Waals surface area (Å²) in [4.78, 5) is 0. The van der Waals surface area contributed by atoms with Crippen molar-refractivity contribution in [3.05, 3.63) is 157 Å². The predicted octanol–water partition coefficient (Wildman–Crippen LogP) is 14.6. The highest BCUT2D eigenvalue weighted by Crippen LogP contribution is 2.47. The molecule has 0 amide bonds. The SMILES string of the molecule is c1ccc2cc(-c3ccc4cc(-c5ccc(Nc6cc7ccccc7c7c6sc6c(C8CCCCC8)cccc67)cc5)ccc4c3)ccc2c1. The van der Waals surface area contributed by atoms with E-state index in [1.54, 1.807) is 5.56 Å². The van der Waals surface area contributed by atoms with Crippen LogP contribution >= 0.6 is 11.3 Å². The maximum absolute atomic E-state index is 3.85. The zero-order chi connectivity index (χ0) is 33.0. The molecule has 1 nitrogen and oxygen atoms in total. The van der Waals surface area contributed by atoms with Crippen molar-refractivity contribution in [1.82, 2.24) is 0 Å². The molecule has 8 aromatic carbocycles. The fraction of sp³-hybridized carbons (Fsp3) is 0.125. The zero-order valence-corrected chi connectivity index (χ0v) is 28.8. The molecule has 0 aliphatic heterocycles. The number of anilines is 2. The van der Waals surface area contributed by atoms with Crippen LogP contribution in [0.1, 0.15) is 43.6 Å². The highest BCUT2D eigenvalue weighted by Gasteiger charge is 2.21. The minimum atomic E-state index is 0.678. The van der Waals surface area contributed by atoms with Gasteiger partial charge in [-0.2, -0.15) is 0 Å². The Balaban J connectivity index is 0.973. The molecule has 0 atom stereocenters. The average Bonchev–Trinajstić information content (AvgIpc) is 3.59. The van der Waals surface area contributed by atoms with Gasteiger partial charge in [0, 0.05) is 21.2 Å². The summed E-state index contributed by atoms with van der Waals surface area (Å²) in [6.45, 7) is 0. The first kappa shape index (κ1) is 29.5. The number of hydrogen-bond acceptors (Lipinski definition) is 2. The molecule has 0 radical (unpaired) electrons. The van der Waals surface area contributed by atoms with Gasteiger partial charge < -0.3 is 5.32 Å². The minimum absolute atomic E-state index is 0.678. The van der Waals surface area contributed by atoms with E-state index in [9.17, 15) is 0 Å². The number of hydrogen-bond donors (Lipinski definition) is 1. The van der Waals surface area contributed by atoms with E-state index < -0.39 is 0 Å². The largest absolute Gasteiger partial charge is 0.354 e. The summed E-state index contributed by atoms with van der Waals surface area (Å²) < 4.78 is 2.83. The van der Waals surface area contributed by atoms with Crippen LogP contribution in [0.3, 0.4) is 0 Å². The maximum Gasteiger partial charge on any atom is 0.0597 e. The van der Waals surface area contributed by atoms with Gasteiger partial charge in [-0.3, -0.25) is 0 Å². The molecule has 9 aromatic rings. The first-order chi connectivity index (χ1) is 24.7. The molecule has 1 saturated carbocycles. The predicted molar refractivity (Wildman–Crippen MR) is 218 cm³/mol. The van der Waals surface area contributed by atoms with Crippen molar-refractivity contribution < 1.29 is 0 Å². The van der Waals surface area contributed by atoms with Crippen molar-refractivity contribution in [3.63, 3.8) is 0 Å². The Morgan fingerprint density at radius 2 is 1.02 bits per heavy atom. The summed E-state index contributed by atoms with van der Waals surface area (Å²) in [6, 6.07) is 56.2. The van der Waals surface area contributed by atoms with Crippen LogP contribution in [0.15, 0.2) is 152 Å². The second-order valence-electron chi connectivity index (χ2n) is 14.1. The van der Waals surface area contributed by atoms with Crippen LogP contribution in [0.25, 0.3) is 74.7 Å². The van der Waals surface area contributed by atoms with Crippen molar-refractivity contribution in [2.75, 3.05) is 5.32 Å². The van der Waals surface area contributed by atoms with Gasteiger partial charge in [0.05, 0.1) is 10.4 Å². The van der Waals surface area contributed by atoms with Gasteiger partial charge in [-0.25, -0.2) is 0 Å². The highest BCUT2D eigenvalue weighted by molar-refractivity contribution is 7.26. The third-order valence-electron chi connectivity index (χ3n) is 11.0. The summed E-state index contributed by atoms with van der Waals surface area (Å²) in [5.74, 6) is 0.678. The second kappa shape index (κ2) is 12.2. The molecule has 1 heterocycles. The van der Waals surface area contributed by atoms with Crippen LogP contribution in [0, 0.1) is 0 Å². The van der Waals surface area contributed by atoms with Crippen molar-refractivity contribution >= 4 is 75.2 Å². The number of fused-ring (bicyclic) bond motifs is 7. The Bertz CT molecular complexity index is 2710. The lowest BCUT2D eigenvalue weighted by Gasteiger charge is -2.22. The fourth-order valence-electron chi connectivity index (χ4n) is 8.37. The van der Waals surface area contributed by atoms with Gasteiger partial charge in [-0.15, -0.1) is 11.3 Å². The van der Waals surface area contributed by atoms with E-state index in [0.29, 0.717) is 5.92 Å². The topological polar surface area (TPSA) is 12.0 Å². The van der Waals surface area contributed by atoms with Gasteiger partial charge in [0.1, 0.15) is 0 Å². The van der Waals surface area contributed by atoms with Crippen LogP contribution in [-0.4, -0.2) is 0 Å². The van der Waals surface area contributed by atoms with Crippen molar-refractivity contribution in [3.8, 4) is 22.3 Å². The molecule has 240 valence electrons. The third kappa shape index (κ3) is 5.14. The standard InChI is InChI=1S/C48H37NS/c1-2-10-33(11-3-1)43-15-8-16-44-46-42-14-7-6-13-40(42)30-45(48(46)50-47(43)44)49-41-25-23-32(24-26-41)35-19-20-38-29-39(22-21-37(38)28-35)36-18-17-31-9-4-5-12-34(31)27-36/h4-9,12-30,33,49H,1-3,10-11H2. The van der Waals surface area contributed by atoms with Gasteiger partial charge in [0.25, 0.3) is 0 Å². The van der Waals surface area contributed by atoms with Crippen molar-refractivity contribution in [2.24, 2.45) is 0 Å². The highest BCUT2D eigenvalue weighted by atomic mass is 32.1. The minimum Gasteiger partial charge on any atom is -0.354 e. The van der Waals surface area contributed by atoms with Crippen LogP contribution in [0.5, 0.6) is 0 Å². The lowest BCUT2D eigenvalue weighted by atomic mass is 9.83. The van der Waals surface area contributed by atoms with Gasteiger partial charge in [-0.05, 0) is 115 Å². The van der Waals surface area contributed by atoms with E-state index in [4.69, 9.17) is 0 Å². The van der Waals surface area contributed by atoms with Crippen LogP contribution in [0.4, 0.5) is 11.4 Å².